The maximum atomic E-state index is 13.1. The van der Waals surface area contributed by atoms with E-state index in [-0.39, 0.29) is 18.1 Å². The number of fused-ring (bicyclic) bond motifs is 4. The average Bonchev–Trinajstić information content (AvgIpc) is 3.31. The lowest BCUT2D eigenvalue weighted by molar-refractivity contribution is -0.169. The van der Waals surface area contributed by atoms with Crippen LogP contribution in [0.5, 0.6) is 0 Å². The van der Waals surface area contributed by atoms with Gasteiger partial charge in [0.2, 0.25) is 5.60 Å². The van der Waals surface area contributed by atoms with Crippen molar-refractivity contribution in [3.05, 3.63) is 45.4 Å². The van der Waals surface area contributed by atoms with Gasteiger partial charge < -0.3 is 14.7 Å². The summed E-state index contributed by atoms with van der Waals surface area (Å²) in [5.74, 6) is -1.32. The fourth-order valence-corrected chi connectivity index (χ4v) is 6.58. The molecule has 0 amide bonds. The van der Waals surface area contributed by atoms with Crippen molar-refractivity contribution in [2.24, 2.45) is 22.4 Å². The topological polar surface area (TPSA) is 85.2 Å². The summed E-state index contributed by atoms with van der Waals surface area (Å²) in [5.41, 5.74) is -2.51. The monoisotopic (exact) mass is 493 g/mol. The van der Waals surface area contributed by atoms with Crippen LogP contribution in [0.2, 0.25) is 5.02 Å². The van der Waals surface area contributed by atoms with E-state index in [1.807, 2.05) is 13.0 Å². The molecule has 30 heavy (non-hydrogen) atoms. The quantitative estimate of drug-likeness (QED) is 0.600. The van der Waals surface area contributed by atoms with Crippen LogP contribution < -0.4 is 0 Å². The Balaban J connectivity index is 1.54. The first-order chi connectivity index (χ1) is 14.1. The van der Waals surface area contributed by atoms with Gasteiger partial charge in [-0.1, -0.05) is 45.7 Å². The summed E-state index contributed by atoms with van der Waals surface area (Å²) in [6.07, 6.45) is 3.65. The van der Waals surface area contributed by atoms with Gasteiger partial charge in [0, 0.05) is 21.5 Å². The third-order valence-corrected chi connectivity index (χ3v) is 8.49. The van der Waals surface area contributed by atoms with Crippen molar-refractivity contribution in [1.82, 2.24) is 0 Å². The number of esters is 1. The zero-order chi connectivity index (χ0) is 21.5. The molecule has 5 rings (SSSR count). The minimum atomic E-state index is -1.36. The summed E-state index contributed by atoms with van der Waals surface area (Å²) in [5, 5.41) is 16.3. The molecule has 6 atom stereocenters. The Labute approximate surface area is 187 Å². The van der Waals surface area contributed by atoms with Gasteiger partial charge in [-0.3, -0.25) is 4.79 Å². The highest BCUT2D eigenvalue weighted by Crippen LogP contribution is 2.59. The molecular formula is C22H21BrClNO5. The summed E-state index contributed by atoms with van der Waals surface area (Å²) in [6, 6.07) is 5.34. The minimum absolute atomic E-state index is 0.168. The van der Waals surface area contributed by atoms with Crippen molar-refractivity contribution in [1.29, 1.82) is 0 Å². The van der Waals surface area contributed by atoms with E-state index in [1.54, 1.807) is 25.1 Å². The molecule has 158 valence electrons. The van der Waals surface area contributed by atoms with E-state index in [0.29, 0.717) is 23.6 Å². The van der Waals surface area contributed by atoms with Gasteiger partial charge in [0.05, 0.1) is 11.6 Å². The molecule has 0 aromatic heterocycles. The van der Waals surface area contributed by atoms with Crippen LogP contribution in [0.15, 0.2) is 40.0 Å². The number of oxime groups is 1. The molecule has 1 saturated carbocycles. The third kappa shape index (κ3) is 2.37. The number of hydrogen-bond donors (Lipinski definition) is 1. The van der Waals surface area contributed by atoms with Crippen molar-refractivity contribution in [2.75, 3.05) is 0 Å². The van der Waals surface area contributed by atoms with E-state index in [0.717, 1.165) is 10.0 Å². The number of nitrogens with zero attached hydrogens (tertiary/aromatic N) is 1. The molecule has 1 saturated heterocycles. The number of halogens is 2. The molecule has 3 unspecified atom stereocenters. The molecule has 4 aliphatic rings. The molecule has 8 heteroatoms. The predicted octanol–water partition coefficient (Wildman–Crippen LogP) is 3.81. The van der Waals surface area contributed by atoms with Crippen LogP contribution in [-0.2, 0) is 19.2 Å². The Hall–Kier alpha value is -1.70. The Morgan fingerprint density at radius 2 is 2.07 bits per heavy atom. The average molecular weight is 495 g/mol. The molecule has 2 aliphatic carbocycles. The van der Waals surface area contributed by atoms with Crippen molar-refractivity contribution < 1.29 is 24.3 Å². The Bertz CT molecular complexity index is 1040. The normalized spacial score (nSPS) is 41.9. The Morgan fingerprint density at radius 1 is 1.30 bits per heavy atom. The van der Waals surface area contributed by atoms with E-state index < -0.39 is 34.6 Å². The summed E-state index contributed by atoms with van der Waals surface area (Å²) in [4.78, 5) is 31.9. The molecule has 2 aliphatic heterocycles. The minimum Gasteiger partial charge on any atom is -0.458 e. The van der Waals surface area contributed by atoms with Crippen LogP contribution in [0.25, 0.3) is 0 Å². The second-order valence-electron chi connectivity index (χ2n) is 8.96. The lowest BCUT2D eigenvalue weighted by atomic mass is 9.63. The van der Waals surface area contributed by atoms with E-state index in [1.165, 1.54) is 6.08 Å². The van der Waals surface area contributed by atoms with E-state index in [9.17, 15) is 14.7 Å². The van der Waals surface area contributed by atoms with Crippen LogP contribution >= 0.6 is 27.5 Å². The molecule has 1 N–H and O–H groups in total. The highest BCUT2D eigenvalue weighted by molar-refractivity contribution is 9.10. The van der Waals surface area contributed by atoms with Gasteiger partial charge in [0.15, 0.2) is 5.78 Å². The largest absolute Gasteiger partial charge is 0.458 e. The van der Waals surface area contributed by atoms with Crippen LogP contribution in [-0.4, -0.2) is 39.9 Å². The smallest absolute Gasteiger partial charge is 0.354 e. The van der Waals surface area contributed by atoms with Gasteiger partial charge >= 0.3 is 5.97 Å². The van der Waals surface area contributed by atoms with E-state index in [4.69, 9.17) is 21.2 Å². The first-order valence-electron chi connectivity index (χ1n) is 10.0. The molecular weight excluding hydrogens is 474 g/mol. The summed E-state index contributed by atoms with van der Waals surface area (Å²) in [6.45, 7) is 3.63. The predicted molar refractivity (Wildman–Crippen MR) is 113 cm³/mol. The van der Waals surface area contributed by atoms with Gasteiger partial charge in [-0.25, -0.2) is 4.79 Å². The van der Waals surface area contributed by atoms with E-state index in [2.05, 4.69) is 21.1 Å². The molecule has 2 heterocycles. The van der Waals surface area contributed by atoms with Crippen LogP contribution in [0.3, 0.4) is 0 Å². The third-order valence-electron chi connectivity index (χ3n) is 7.60. The molecule has 0 bridgehead atoms. The van der Waals surface area contributed by atoms with Gasteiger partial charge in [0.25, 0.3) is 0 Å². The van der Waals surface area contributed by atoms with Crippen LogP contribution in [0, 0.1) is 17.3 Å². The summed E-state index contributed by atoms with van der Waals surface area (Å²) >= 11 is 9.54. The summed E-state index contributed by atoms with van der Waals surface area (Å²) in [7, 11) is 0. The van der Waals surface area contributed by atoms with Gasteiger partial charge in [-0.2, -0.15) is 0 Å². The lowest BCUT2D eigenvalue weighted by Gasteiger charge is -2.43. The molecule has 1 aromatic carbocycles. The Kier molecular flexibility index (Phi) is 4.32. The van der Waals surface area contributed by atoms with Gasteiger partial charge in [-0.05, 0) is 50.0 Å². The van der Waals surface area contributed by atoms with Crippen molar-refractivity contribution >= 4 is 45.0 Å². The Morgan fingerprint density at radius 3 is 2.80 bits per heavy atom. The molecule has 6 nitrogen and oxygen atoms in total. The highest BCUT2D eigenvalue weighted by atomic mass is 79.9. The lowest BCUT2D eigenvalue weighted by Crippen LogP contribution is -2.57. The SMILES string of the molecule is C[C@H]1CCC2C(OC(=O)C23CC(c2ccc(Cl)cc2Br)=NO3)[C@]2(C)C(=O)C=C[C@@]12O. The van der Waals surface area contributed by atoms with Crippen molar-refractivity contribution in [3.8, 4) is 0 Å². The number of ether oxygens (including phenoxy) is 1. The molecule has 1 aromatic rings. The second kappa shape index (κ2) is 6.40. The van der Waals surface area contributed by atoms with Gasteiger partial charge in [-0.15, -0.1) is 0 Å². The number of carbonyl (C=O) groups excluding carboxylic acids is 2. The zero-order valence-electron chi connectivity index (χ0n) is 16.5. The van der Waals surface area contributed by atoms with Crippen LogP contribution in [0.1, 0.15) is 38.7 Å². The number of ketones is 1. The number of hydrogen-bond acceptors (Lipinski definition) is 6. The fourth-order valence-electron chi connectivity index (χ4n) is 5.66. The fraction of sp³-hybridized carbons (Fsp3) is 0.500. The number of rotatable bonds is 1. The highest BCUT2D eigenvalue weighted by Gasteiger charge is 2.73. The maximum absolute atomic E-state index is 13.1. The maximum Gasteiger partial charge on any atom is 0.354 e. The van der Waals surface area contributed by atoms with Crippen molar-refractivity contribution in [3.63, 3.8) is 0 Å². The molecule has 1 spiro atoms. The standard InChI is InChI=1S/C22H21BrClNO5/c1-11-3-6-14-18(20(2)17(26)7-8-22(11,20)28)29-19(27)21(14)10-16(25-30-21)13-5-4-12(24)9-15(13)23/h4-5,7-9,11,14,18,28H,3,6,10H2,1-2H3/t11-,14?,18?,20-,21?,22+/m0/s1. The summed E-state index contributed by atoms with van der Waals surface area (Å²) < 4.78 is 6.58. The number of carbonyl (C=O) groups is 2. The first kappa shape index (κ1) is 20.2. The first-order valence-corrected chi connectivity index (χ1v) is 11.2. The molecule has 2 fully saturated rings. The van der Waals surface area contributed by atoms with E-state index >= 15 is 0 Å². The number of benzene rings is 1. The molecule has 0 radical (unpaired) electrons. The van der Waals surface area contributed by atoms with Crippen LogP contribution in [0.4, 0.5) is 0 Å². The zero-order valence-corrected chi connectivity index (χ0v) is 18.9. The number of allylic oxidation sites excluding steroid dienone is 1. The van der Waals surface area contributed by atoms with Crippen molar-refractivity contribution in [2.45, 2.75) is 50.4 Å². The number of aliphatic hydroxyl groups is 1. The van der Waals surface area contributed by atoms with Gasteiger partial charge in [0.1, 0.15) is 17.1 Å². The second-order valence-corrected chi connectivity index (χ2v) is 10.2.